The molecule has 0 aliphatic carbocycles. The smallest absolute Gasteiger partial charge is 0.336 e. The molecule has 0 aliphatic rings. The third-order valence-corrected chi connectivity index (χ3v) is 3.21. The first-order valence-electron chi connectivity index (χ1n) is 6.45. The van der Waals surface area contributed by atoms with E-state index in [0.29, 0.717) is 16.9 Å². The van der Waals surface area contributed by atoms with E-state index in [0.717, 1.165) is 5.56 Å². The van der Waals surface area contributed by atoms with Crippen molar-refractivity contribution in [1.82, 2.24) is 0 Å². The van der Waals surface area contributed by atoms with Crippen LogP contribution in [-0.4, -0.2) is 17.1 Å². The van der Waals surface area contributed by atoms with Crippen molar-refractivity contribution in [3.63, 3.8) is 0 Å². The van der Waals surface area contributed by atoms with Gasteiger partial charge in [-0.2, -0.15) is 0 Å². The number of benzene rings is 2. The van der Waals surface area contributed by atoms with E-state index < -0.39 is 12.0 Å². The van der Waals surface area contributed by atoms with Crippen LogP contribution in [0.5, 0.6) is 0 Å². The molecule has 0 saturated carbocycles. The molecule has 0 bridgehead atoms. The number of hydrogen-bond donors (Lipinski definition) is 3. The number of carbonyl (C=O) groups is 2. The molecule has 0 heterocycles. The SMILES string of the molecule is Cc1ccccc1NC(=O)Nc1cccc(C(=O)O)c1C. The molecule has 2 amide bonds. The number of urea groups is 1. The van der Waals surface area contributed by atoms with Gasteiger partial charge in [0.2, 0.25) is 0 Å². The van der Waals surface area contributed by atoms with Crippen LogP contribution in [-0.2, 0) is 0 Å². The number of carboxylic acids is 1. The van der Waals surface area contributed by atoms with Crippen LogP contribution in [0.15, 0.2) is 42.5 Å². The predicted octanol–water partition coefficient (Wildman–Crippen LogP) is 3.65. The van der Waals surface area contributed by atoms with Crippen molar-refractivity contribution in [2.45, 2.75) is 13.8 Å². The second-order valence-corrected chi connectivity index (χ2v) is 4.68. The fourth-order valence-electron chi connectivity index (χ4n) is 1.99. The minimum atomic E-state index is -1.02. The van der Waals surface area contributed by atoms with Gasteiger partial charge in [-0.1, -0.05) is 24.3 Å². The summed E-state index contributed by atoms with van der Waals surface area (Å²) in [4.78, 5) is 23.1. The van der Waals surface area contributed by atoms with E-state index in [-0.39, 0.29) is 5.56 Å². The van der Waals surface area contributed by atoms with Crippen LogP contribution in [0.25, 0.3) is 0 Å². The Bertz CT molecular complexity index is 696. The van der Waals surface area contributed by atoms with Gasteiger partial charge in [0.25, 0.3) is 0 Å². The van der Waals surface area contributed by atoms with Crippen LogP contribution in [0, 0.1) is 13.8 Å². The summed E-state index contributed by atoms with van der Waals surface area (Å²) >= 11 is 0. The van der Waals surface area contributed by atoms with E-state index >= 15 is 0 Å². The maximum absolute atomic E-state index is 12.0. The Kier molecular flexibility index (Phi) is 4.23. The second-order valence-electron chi connectivity index (χ2n) is 4.68. The summed E-state index contributed by atoms with van der Waals surface area (Å²) in [5, 5.41) is 14.5. The van der Waals surface area contributed by atoms with Crippen LogP contribution >= 0.6 is 0 Å². The number of aryl methyl sites for hydroxylation is 1. The number of carbonyl (C=O) groups excluding carboxylic acids is 1. The molecule has 2 aromatic rings. The highest BCUT2D eigenvalue weighted by Crippen LogP contribution is 2.20. The average Bonchev–Trinajstić information content (AvgIpc) is 2.43. The monoisotopic (exact) mass is 284 g/mol. The molecule has 2 aromatic carbocycles. The van der Waals surface area contributed by atoms with Gasteiger partial charge in [0, 0.05) is 11.4 Å². The van der Waals surface area contributed by atoms with Gasteiger partial charge >= 0.3 is 12.0 Å². The number of aromatic carboxylic acids is 1. The Balaban J connectivity index is 2.15. The molecule has 108 valence electrons. The van der Waals surface area contributed by atoms with Crippen molar-refractivity contribution in [3.8, 4) is 0 Å². The van der Waals surface area contributed by atoms with Crippen LogP contribution in [0.4, 0.5) is 16.2 Å². The lowest BCUT2D eigenvalue weighted by molar-refractivity contribution is 0.0696. The lowest BCUT2D eigenvalue weighted by atomic mass is 10.1. The molecule has 21 heavy (non-hydrogen) atoms. The highest BCUT2D eigenvalue weighted by Gasteiger charge is 2.12. The first-order chi connectivity index (χ1) is 9.99. The molecule has 2 rings (SSSR count). The van der Waals surface area contributed by atoms with E-state index in [1.807, 2.05) is 25.1 Å². The van der Waals surface area contributed by atoms with E-state index in [1.165, 1.54) is 6.07 Å². The van der Waals surface area contributed by atoms with Crippen LogP contribution in [0.3, 0.4) is 0 Å². The lowest BCUT2D eigenvalue weighted by Crippen LogP contribution is -2.21. The molecule has 5 nitrogen and oxygen atoms in total. The van der Waals surface area contributed by atoms with Gasteiger partial charge in [0.05, 0.1) is 5.56 Å². The van der Waals surface area contributed by atoms with Gasteiger partial charge in [-0.25, -0.2) is 9.59 Å². The zero-order valence-corrected chi connectivity index (χ0v) is 11.8. The summed E-state index contributed by atoms with van der Waals surface area (Å²) in [5.41, 5.74) is 2.82. The molecule has 0 spiro atoms. The standard InChI is InChI=1S/C16H16N2O3/c1-10-6-3-4-8-13(10)17-16(21)18-14-9-5-7-12(11(14)2)15(19)20/h3-9H,1-2H3,(H,19,20)(H2,17,18,21). The molecule has 0 aliphatic heterocycles. The molecule has 5 heteroatoms. The van der Waals surface area contributed by atoms with Crippen molar-refractivity contribution >= 4 is 23.4 Å². The Labute approximate surface area is 122 Å². The molecule has 0 atom stereocenters. The van der Waals surface area contributed by atoms with E-state index in [4.69, 9.17) is 5.11 Å². The average molecular weight is 284 g/mol. The van der Waals surface area contributed by atoms with Gasteiger partial charge in [-0.05, 0) is 43.2 Å². The lowest BCUT2D eigenvalue weighted by Gasteiger charge is -2.12. The molecule has 0 saturated heterocycles. The van der Waals surface area contributed by atoms with E-state index in [9.17, 15) is 9.59 Å². The van der Waals surface area contributed by atoms with E-state index in [1.54, 1.807) is 25.1 Å². The first-order valence-corrected chi connectivity index (χ1v) is 6.45. The van der Waals surface area contributed by atoms with Crippen LogP contribution < -0.4 is 10.6 Å². The van der Waals surface area contributed by atoms with Gasteiger partial charge in [-0.3, -0.25) is 0 Å². The fourth-order valence-corrected chi connectivity index (χ4v) is 1.99. The molecule has 3 N–H and O–H groups in total. The fraction of sp³-hybridized carbons (Fsp3) is 0.125. The number of para-hydroxylation sites is 1. The highest BCUT2D eigenvalue weighted by atomic mass is 16.4. The topological polar surface area (TPSA) is 78.4 Å². The Morgan fingerprint density at radius 2 is 1.52 bits per heavy atom. The molecule has 0 fully saturated rings. The number of amides is 2. The molecule has 0 unspecified atom stereocenters. The maximum atomic E-state index is 12.0. The molecular weight excluding hydrogens is 268 g/mol. The summed E-state index contributed by atoms with van der Waals surface area (Å²) in [5.74, 6) is -1.02. The Morgan fingerprint density at radius 1 is 0.905 bits per heavy atom. The first kappa shape index (κ1) is 14.6. The normalized spacial score (nSPS) is 10.0. The number of rotatable bonds is 3. The highest BCUT2D eigenvalue weighted by molar-refractivity contribution is 6.02. The molecule has 0 aromatic heterocycles. The third-order valence-electron chi connectivity index (χ3n) is 3.21. The number of carboxylic acid groups (broad SMARTS) is 1. The zero-order chi connectivity index (χ0) is 15.4. The van der Waals surface area contributed by atoms with Crippen LogP contribution in [0.1, 0.15) is 21.5 Å². The van der Waals surface area contributed by atoms with Gasteiger partial charge in [-0.15, -0.1) is 0 Å². The quantitative estimate of drug-likeness (QED) is 0.805. The largest absolute Gasteiger partial charge is 0.478 e. The summed E-state index contributed by atoms with van der Waals surface area (Å²) in [6.45, 7) is 3.55. The van der Waals surface area contributed by atoms with Crippen molar-refractivity contribution in [2.75, 3.05) is 10.6 Å². The van der Waals surface area contributed by atoms with Gasteiger partial charge in [0.1, 0.15) is 0 Å². The Hall–Kier alpha value is -2.82. The summed E-state index contributed by atoms with van der Waals surface area (Å²) in [6, 6.07) is 11.8. The van der Waals surface area contributed by atoms with Crippen LogP contribution in [0.2, 0.25) is 0 Å². The van der Waals surface area contributed by atoms with Gasteiger partial charge < -0.3 is 15.7 Å². The van der Waals surface area contributed by atoms with Gasteiger partial charge in [0.15, 0.2) is 0 Å². The van der Waals surface area contributed by atoms with Crippen molar-refractivity contribution in [3.05, 3.63) is 59.2 Å². The molecule has 0 radical (unpaired) electrons. The number of anilines is 2. The summed E-state index contributed by atoms with van der Waals surface area (Å²) in [7, 11) is 0. The third kappa shape index (κ3) is 3.39. The predicted molar refractivity (Wildman–Crippen MR) is 82.0 cm³/mol. The van der Waals surface area contributed by atoms with Crippen molar-refractivity contribution in [1.29, 1.82) is 0 Å². The maximum Gasteiger partial charge on any atom is 0.336 e. The summed E-state index contributed by atoms with van der Waals surface area (Å²) < 4.78 is 0. The number of nitrogens with one attached hydrogen (secondary N) is 2. The zero-order valence-electron chi connectivity index (χ0n) is 11.8. The molecular formula is C16H16N2O3. The minimum absolute atomic E-state index is 0.170. The Morgan fingerprint density at radius 3 is 2.19 bits per heavy atom. The number of hydrogen-bond acceptors (Lipinski definition) is 2. The van der Waals surface area contributed by atoms with Crippen molar-refractivity contribution < 1.29 is 14.7 Å². The summed E-state index contributed by atoms with van der Waals surface area (Å²) in [6.07, 6.45) is 0. The van der Waals surface area contributed by atoms with Crippen molar-refractivity contribution in [2.24, 2.45) is 0 Å². The van der Waals surface area contributed by atoms with E-state index in [2.05, 4.69) is 10.6 Å². The minimum Gasteiger partial charge on any atom is -0.478 e. The second kappa shape index (κ2) is 6.09.